The molecule has 0 unspecified atom stereocenters. The number of nitrogens with one attached hydrogen (secondary N) is 1. The monoisotopic (exact) mass is 393 g/mol. The molecule has 4 aromatic carbocycles. The number of hydrogen-bond donors (Lipinski definition) is 1. The third kappa shape index (κ3) is 3.92. The molecule has 29 heavy (non-hydrogen) atoms. The van der Waals surface area contributed by atoms with Gasteiger partial charge in [0.25, 0.3) is 0 Å². The molecular weight excluding hydrogens is 370 g/mol. The molecule has 142 valence electrons. The van der Waals surface area contributed by atoms with Crippen molar-refractivity contribution in [2.75, 3.05) is 0 Å². The van der Waals surface area contributed by atoms with E-state index in [1.807, 2.05) is 48.5 Å². The molecule has 0 atom stereocenters. The molecule has 3 heteroatoms. The third-order valence-electron chi connectivity index (χ3n) is 4.99. The molecule has 0 aliphatic heterocycles. The van der Waals surface area contributed by atoms with Gasteiger partial charge in [0.05, 0.1) is 5.70 Å². The Morgan fingerprint density at radius 1 is 0.552 bits per heavy atom. The van der Waals surface area contributed by atoms with Crippen molar-refractivity contribution in [1.29, 1.82) is 0 Å². The molecule has 0 saturated heterocycles. The van der Waals surface area contributed by atoms with Gasteiger partial charge in [-0.2, -0.15) is 0 Å². The fourth-order valence-corrected chi connectivity index (χ4v) is 7.15. The highest BCUT2D eigenvalue weighted by molar-refractivity contribution is 7.07. The van der Waals surface area contributed by atoms with E-state index in [2.05, 4.69) is 84.9 Å². The fourth-order valence-electron chi connectivity index (χ4n) is 3.53. The normalized spacial score (nSPS) is 11.0. The Bertz CT molecular complexity index is 954. The first-order valence-electron chi connectivity index (χ1n) is 9.65. The van der Waals surface area contributed by atoms with Crippen LogP contribution < -0.4 is 21.0 Å². The lowest BCUT2D eigenvalue weighted by Crippen LogP contribution is -2.70. The summed E-state index contributed by atoms with van der Waals surface area (Å²) in [6.45, 7) is 4.20. The van der Waals surface area contributed by atoms with Crippen LogP contribution in [0.4, 0.5) is 0 Å². The molecule has 1 N–H and O–H groups in total. The minimum atomic E-state index is -2.79. The second-order valence-corrected chi connectivity index (χ2v) is 10.1. The molecule has 0 heterocycles. The average molecular weight is 394 g/mol. The SMILES string of the molecule is C=C(NO[Si](c1ccccc1)(c1ccccc1)c1ccccc1)c1ccccc1. The number of hydroxylamine groups is 1. The molecule has 2 nitrogen and oxygen atoms in total. The van der Waals surface area contributed by atoms with E-state index < -0.39 is 8.32 Å². The molecule has 0 aromatic heterocycles. The van der Waals surface area contributed by atoms with Crippen molar-refractivity contribution < 1.29 is 4.53 Å². The summed E-state index contributed by atoms with van der Waals surface area (Å²) in [6, 6.07) is 41.5. The lowest BCUT2D eigenvalue weighted by Gasteiger charge is -2.33. The second-order valence-electron chi connectivity index (χ2n) is 6.83. The van der Waals surface area contributed by atoms with Crippen molar-refractivity contribution in [2.24, 2.45) is 0 Å². The van der Waals surface area contributed by atoms with Gasteiger partial charge in [-0.25, -0.2) is 0 Å². The van der Waals surface area contributed by atoms with Gasteiger partial charge in [-0.15, -0.1) is 0 Å². The maximum absolute atomic E-state index is 6.69. The van der Waals surface area contributed by atoms with Crippen molar-refractivity contribution >= 4 is 29.6 Å². The minimum Gasteiger partial charge on any atom is -0.305 e. The Balaban J connectivity index is 1.83. The zero-order valence-electron chi connectivity index (χ0n) is 16.2. The standard InChI is InChI=1S/C26H23NOSi/c1-22(23-14-6-2-7-15-23)27-28-29(24-16-8-3-9-17-24,25-18-10-4-11-19-25)26-20-12-5-13-21-26/h2-21,27H,1H2. The van der Waals surface area contributed by atoms with Crippen LogP contribution in [-0.2, 0) is 4.53 Å². The lowest BCUT2D eigenvalue weighted by atomic mass is 10.2. The predicted octanol–water partition coefficient (Wildman–Crippen LogP) is 3.85. The quantitative estimate of drug-likeness (QED) is 0.293. The van der Waals surface area contributed by atoms with E-state index >= 15 is 0 Å². The van der Waals surface area contributed by atoms with Gasteiger partial charge >= 0.3 is 8.32 Å². The van der Waals surface area contributed by atoms with Crippen LogP contribution in [-0.4, -0.2) is 8.32 Å². The number of benzene rings is 4. The van der Waals surface area contributed by atoms with Crippen LogP contribution in [0.15, 0.2) is 128 Å². The fraction of sp³-hybridized carbons (Fsp3) is 0. The first kappa shape index (κ1) is 18.9. The van der Waals surface area contributed by atoms with Crippen LogP contribution in [0.5, 0.6) is 0 Å². The van der Waals surface area contributed by atoms with Gasteiger partial charge in [-0.3, -0.25) is 5.48 Å². The van der Waals surface area contributed by atoms with Gasteiger partial charge in [0, 0.05) is 0 Å². The van der Waals surface area contributed by atoms with Crippen LogP contribution in [0.1, 0.15) is 5.56 Å². The zero-order valence-corrected chi connectivity index (χ0v) is 17.2. The van der Waals surface area contributed by atoms with E-state index in [0.29, 0.717) is 0 Å². The summed E-state index contributed by atoms with van der Waals surface area (Å²) in [6.07, 6.45) is 0. The van der Waals surface area contributed by atoms with E-state index in [4.69, 9.17) is 4.53 Å². The van der Waals surface area contributed by atoms with Crippen LogP contribution in [0.3, 0.4) is 0 Å². The van der Waals surface area contributed by atoms with Crippen molar-refractivity contribution in [3.8, 4) is 0 Å². The second kappa shape index (κ2) is 8.74. The summed E-state index contributed by atoms with van der Waals surface area (Å²) in [5, 5.41) is 3.52. The Morgan fingerprint density at radius 2 is 0.897 bits per heavy atom. The van der Waals surface area contributed by atoms with Crippen LogP contribution in [0.2, 0.25) is 0 Å². The zero-order chi connectivity index (χ0) is 19.9. The molecule has 4 aromatic rings. The van der Waals surface area contributed by atoms with Crippen LogP contribution >= 0.6 is 0 Å². The van der Waals surface area contributed by atoms with E-state index in [0.717, 1.165) is 11.3 Å². The van der Waals surface area contributed by atoms with Crippen LogP contribution in [0.25, 0.3) is 5.70 Å². The Labute approximate surface area is 173 Å². The first-order valence-corrected chi connectivity index (χ1v) is 11.6. The molecule has 0 amide bonds. The smallest absolute Gasteiger partial charge is 0.305 e. The molecule has 0 radical (unpaired) electrons. The minimum absolute atomic E-state index is 0.741. The number of hydrogen-bond acceptors (Lipinski definition) is 2. The molecule has 0 spiro atoms. The Kier molecular flexibility index (Phi) is 5.70. The molecular formula is C26H23NOSi. The summed E-state index contributed by atoms with van der Waals surface area (Å²) in [7, 11) is -2.79. The summed E-state index contributed by atoms with van der Waals surface area (Å²) < 4.78 is 6.69. The van der Waals surface area contributed by atoms with Crippen molar-refractivity contribution in [3.05, 3.63) is 133 Å². The van der Waals surface area contributed by atoms with Crippen molar-refractivity contribution in [3.63, 3.8) is 0 Å². The Hall–Kier alpha value is -3.40. The largest absolute Gasteiger partial charge is 0.321 e. The van der Waals surface area contributed by atoms with Gasteiger partial charge < -0.3 is 4.53 Å². The van der Waals surface area contributed by atoms with Gasteiger partial charge in [-0.1, -0.05) is 128 Å². The maximum Gasteiger partial charge on any atom is 0.321 e. The molecule has 0 bridgehead atoms. The van der Waals surface area contributed by atoms with Crippen molar-refractivity contribution in [1.82, 2.24) is 5.48 Å². The Morgan fingerprint density at radius 3 is 1.28 bits per heavy atom. The number of rotatable bonds is 7. The molecule has 0 saturated carbocycles. The molecule has 0 aliphatic carbocycles. The molecule has 4 rings (SSSR count). The van der Waals surface area contributed by atoms with E-state index in [1.54, 1.807) is 0 Å². The van der Waals surface area contributed by atoms with E-state index in [1.165, 1.54) is 15.6 Å². The highest BCUT2D eigenvalue weighted by atomic mass is 28.4. The van der Waals surface area contributed by atoms with E-state index in [9.17, 15) is 0 Å². The summed E-state index contributed by atoms with van der Waals surface area (Å²) in [5.74, 6) is 0. The highest BCUT2D eigenvalue weighted by Crippen LogP contribution is 2.13. The molecule has 0 aliphatic rings. The predicted molar refractivity (Wildman–Crippen MR) is 124 cm³/mol. The van der Waals surface area contributed by atoms with Crippen molar-refractivity contribution in [2.45, 2.75) is 0 Å². The maximum atomic E-state index is 6.69. The van der Waals surface area contributed by atoms with Gasteiger partial charge in [0.2, 0.25) is 0 Å². The van der Waals surface area contributed by atoms with Gasteiger partial charge in [0.1, 0.15) is 0 Å². The van der Waals surface area contributed by atoms with Gasteiger partial charge in [-0.05, 0) is 21.1 Å². The summed E-state index contributed by atoms with van der Waals surface area (Å²) >= 11 is 0. The van der Waals surface area contributed by atoms with E-state index in [-0.39, 0.29) is 0 Å². The van der Waals surface area contributed by atoms with Gasteiger partial charge in [0.15, 0.2) is 0 Å². The topological polar surface area (TPSA) is 21.3 Å². The summed E-state index contributed by atoms with van der Waals surface area (Å²) in [4.78, 5) is 0. The molecule has 0 fully saturated rings. The lowest BCUT2D eigenvalue weighted by molar-refractivity contribution is 0.256. The van der Waals surface area contributed by atoms with Crippen LogP contribution in [0, 0.1) is 0 Å². The highest BCUT2D eigenvalue weighted by Gasteiger charge is 2.43. The first-order chi connectivity index (χ1) is 14.3. The third-order valence-corrected chi connectivity index (χ3v) is 8.84. The summed E-state index contributed by atoms with van der Waals surface area (Å²) in [5.41, 5.74) is 4.95. The average Bonchev–Trinajstić information content (AvgIpc) is 2.82.